The molecule has 1 fully saturated rings. The fourth-order valence-corrected chi connectivity index (χ4v) is 2.51. The number of methoxy groups -OCH3 is 1. The molecule has 1 aliphatic heterocycles. The van der Waals surface area contributed by atoms with Crippen molar-refractivity contribution >= 4 is 11.7 Å². The van der Waals surface area contributed by atoms with E-state index in [1.54, 1.807) is 0 Å². The van der Waals surface area contributed by atoms with Crippen LogP contribution >= 0.6 is 0 Å². The maximum absolute atomic E-state index is 13.6. The fraction of sp³-hybridized carbons (Fsp3) is 0.467. The molecule has 0 saturated carbocycles. The Morgan fingerprint density at radius 3 is 2.90 bits per heavy atom. The van der Waals surface area contributed by atoms with Gasteiger partial charge in [0, 0.05) is 18.7 Å². The first-order valence-corrected chi connectivity index (χ1v) is 6.95. The number of carbonyl (C=O) groups excluding carboxylic acids is 2. The van der Waals surface area contributed by atoms with Crippen molar-refractivity contribution in [2.24, 2.45) is 0 Å². The SMILES string of the molecule is CCC1C(=O)NCCN1CC(=O)c1ccc(OC)c(F)c1. The molecule has 0 aromatic heterocycles. The Bertz CT molecular complexity index is 548. The van der Waals surface area contributed by atoms with Crippen LogP contribution in [0.2, 0.25) is 0 Å². The van der Waals surface area contributed by atoms with E-state index in [1.165, 1.54) is 25.3 Å². The van der Waals surface area contributed by atoms with Crippen molar-refractivity contribution < 1.29 is 18.7 Å². The highest BCUT2D eigenvalue weighted by molar-refractivity contribution is 5.98. The van der Waals surface area contributed by atoms with Gasteiger partial charge in [0.1, 0.15) is 0 Å². The van der Waals surface area contributed by atoms with Gasteiger partial charge in [-0.05, 0) is 24.6 Å². The number of hydrogen-bond acceptors (Lipinski definition) is 4. The Hall–Kier alpha value is -1.95. The van der Waals surface area contributed by atoms with Crippen molar-refractivity contribution in [2.75, 3.05) is 26.7 Å². The van der Waals surface area contributed by atoms with Crippen LogP contribution in [0.4, 0.5) is 4.39 Å². The molecule has 1 aromatic rings. The van der Waals surface area contributed by atoms with Gasteiger partial charge in [0.15, 0.2) is 17.3 Å². The summed E-state index contributed by atoms with van der Waals surface area (Å²) in [6.07, 6.45) is 0.635. The van der Waals surface area contributed by atoms with E-state index in [4.69, 9.17) is 4.74 Å². The molecule has 0 aliphatic carbocycles. The van der Waals surface area contributed by atoms with Gasteiger partial charge in [-0.15, -0.1) is 0 Å². The number of hydrogen-bond donors (Lipinski definition) is 1. The highest BCUT2D eigenvalue weighted by atomic mass is 19.1. The Balaban J connectivity index is 2.10. The quantitative estimate of drug-likeness (QED) is 0.830. The van der Waals surface area contributed by atoms with Gasteiger partial charge < -0.3 is 10.1 Å². The number of rotatable bonds is 5. The maximum Gasteiger partial charge on any atom is 0.237 e. The lowest BCUT2D eigenvalue weighted by Crippen LogP contribution is -2.56. The minimum atomic E-state index is -0.563. The zero-order chi connectivity index (χ0) is 15.4. The summed E-state index contributed by atoms with van der Waals surface area (Å²) in [6.45, 7) is 3.16. The number of nitrogens with one attached hydrogen (secondary N) is 1. The lowest BCUT2D eigenvalue weighted by atomic mass is 10.1. The zero-order valence-electron chi connectivity index (χ0n) is 12.2. The van der Waals surface area contributed by atoms with Crippen molar-refractivity contribution in [3.63, 3.8) is 0 Å². The van der Waals surface area contributed by atoms with Crippen molar-refractivity contribution in [2.45, 2.75) is 19.4 Å². The van der Waals surface area contributed by atoms with Gasteiger partial charge in [-0.1, -0.05) is 6.92 Å². The van der Waals surface area contributed by atoms with Crippen LogP contribution in [0.1, 0.15) is 23.7 Å². The summed E-state index contributed by atoms with van der Waals surface area (Å²) in [5, 5.41) is 2.78. The van der Waals surface area contributed by atoms with E-state index in [2.05, 4.69) is 5.32 Å². The molecule has 1 unspecified atom stereocenters. The third-order valence-corrected chi connectivity index (χ3v) is 3.65. The van der Waals surface area contributed by atoms with Crippen LogP contribution in [0.15, 0.2) is 18.2 Å². The van der Waals surface area contributed by atoms with E-state index < -0.39 is 5.82 Å². The van der Waals surface area contributed by atoms with Crippen molar-refractivity contribution in [1.29, 1.82) is 0 Å². The average molecular weight is 294 g/mol. The lowest BCUT2D eigenvalue weighted by molar-refractivity contribution is -0.128. The molecule has 0 spiro atoms. The Labute approximate surface area is 123 Å². The molecule has 1 saturated heterocycles. The summed E-state index contributed by atoms with van der Waals surface area (Å²) in [7, 11) is 1.37. The molecule has 6 heteroatoms. The standard InChI is InChI=1S/C15H19FN2O3/c1-3-12-15(20)17-6-7-18(12)9-13(19)10-4-5-14(21-2)11(16)8-10/h4-5,8,12H,3,6-7,9H2,1-2H3,(H,17,20). The fourth-order valence-electron chi connectivity index (χ4n) is 2.51. The van der Waals surface area contributed by atoms with Crippen LogP contribution in [0, 0.1) is 5.82 Å². The van der Waals surface area contributed by atoms with Crippen LogP contribution in [-0.4, -0.2) is 49.4 Å². The predicted molar refractivity (Wildman–Crippen MR) is 75.9 cm³/mol. The van der Waals surface area contributed by atoms with E-state index in [1.807, 2.05) is 11.8 Å². The first kappa shape index (κ1) is 15.4. The van der Waals surface area contributed by atoms with Crippen LogP contribution in [0.5, 0.6) is 5.75 Å². The number of carbonyl (C=O) groups is 2. The Morgan fingerprint density at radius 1 is 1.52 bits per heavy atom. The summed E-state index contributed by atoms with van der Waals surface area (Å²) in [4.78, 5) is 25.8. The first-order valence-electron chi connectivity index (χ1n) is 6.95. The highest BCUT2D eigenvalue weighted by Gasteiger charge is 2.29. The van der Waals surface area contributed by atoms with Gasteiger partial charge in [0.25, 0.3) is 0 Å². The van der Waals surface area contributed by atoms with Gasteiger partial charge in [0.05, 0.1) is 19.7 Å². The molecule has 1 aliphatic rings. The predicted octanol–water partition coefficient (Wildman–Crippen LogP) is 1.23. The Kier molecular flexibility index (Phi) is 4.90. The largest absolute Gasteiger partial charge is 0.494 e. The second-order valence-corrected chi connectivity index (χ2v) is 4.96. The minimum absolute atomic E-state index is 0.0579. The van der Waals surface area contributed by atoms with E-state index in [0.717, 1.165) is 0 Å². The number of piperazine rings is 1. The maximum atomic E-state index is 13.6. The summed E-state index contributed by atoms with van der Waals surface area (Å²) >= 11 is 0. The van der Waals surface area contributed by atoms with Crippen LogP contribution < -0.4 is 10.1 Å². The molecule has 1 atom stereocenters. The minimum Gasteiger partial charge on any atom is -0.494 e. The number of ether oxygens (including phenoxy) is 1. The van der Waals surface area contributed by atoms with Crippen LogP contribution in [0.25, 0.3) is 0 Å². The number of amides is 1. The monoisotopic (exact) mass is 294 g/mol. The molecule has 1 heterocycles. The van der Waals surface area contributed by atoms with Gasteiger partial charge in [-0.25, -0.2) is 4.39 Å². The topological polar surface area (TPSA) is 58.6 Å². The summed E-state index contributed by atoms with van der Waals surface area (Å²) < 4.78 is 18.5. The number of halogens is 1. The summed E-state index contributed by atoms with van der Waals surface area (Å²) in [6, 6.07) is 3.84. The van der Waals surface area contributed by atoms with Crippen molar-refractivity contribution in [3.05, 3.63) is 29.6 Å². The average Bonchev–Trinajstić information content (AvgIpc) is 2.47. The third kappa shape index (κ3) is 3.39. The third-order valence-electron chi connectivity index (χ3n) is 3.65. The molecule has 21 heavy (non-hydrogen) atoms. The lowest BCUT2D eigenvalue weighted by Gasteiger charge is -2.33. The molecule has 0 radical (unpaired) electrons. The van der Waals surface area contributed by atoms with Gasteiger partial charge in [-0.2, -0.15) is 0 Å². The molecule has 2 rings (SSSR count). The molecule has 114 valence electrons. The normalized spacial score (nSPS) is 19.2. The number of benzene rings is 1. The molecular formula is C15H19FN2O3. The molecule has 0 bridgehead atoms. The van der Waals surface area contributed by atoms with E-state index in [0.29, 0.717) is 19.5 Å². The zero-order valence-corrected chi connectivity index (χ0v) is 12.2. The van der Waals surface area contributed by atoms with Crippen LogP contribution in [-0.2, 0) is 4.79 Å². The second kappa shape index (κ2) is 6.67. The first-order chi connectivity index (χ1) is 10.1. The van der Waals surface area contributed by atoms with Gasteiger partial charge >= 0.3 is 0 Å². The molecule has 1 aromatic carbocycles. The van der Waals surface area contributed by atoms with E-state index in [-0.39, 0.29) is 35.6 Å². The molecule has 1 amide bonds. The number of Topliss-reactive ketones (excluding diaryl/α,β-unsaturated/α-hetero) is 1. The second-order valence-electron chi connectivity index (χ2n) is 4.96. The smallest absolute Gasteiger partial charge is 0.237 e. The molecule has 5 nitrogen and oxygen atoms in total. The van der Waals surface area contributed by atoms with E-state index >= 15 is 0 Å². The highest BCUT2D eigenvalue weighted by Crippen LogP contribution is 2.18. The van der Waals surface area contributed by atoms with Crippen LogP contribution in [0.3, 0.4) is 0 Å². The Morgan fingerprint density at radius 2 is 2.29 bits per heavy atom. The molecular weight excluding hydrogens is 275 g/mol. The van der Waals surface area contributed by atoms with Crippen molar-refractivity contribution in [1.82, 2.24) is 10.2 Å². The number of nitrogens with zero attached hydrogens (tertiary/aromatic N) is 1. The van der Waals surface area contributed by atoms with Gasteiger partial charge in [-0.3, -0.25) is 14.5 Å². The number of ketones is 1. The van der Waals surface area contributed by atoms with E-state index in [9.17, 15) is 14.0 Å². The summed E-state index contributed by atoms with van der Waals surface area (Å²) in [5.41, 5.74) is 0.286. The summed E-state index contributed by atoms with van der Waals surface area (Å²) in [5.74, 6) is -0.718. The molecule has 1 N–H and O–H groups in total. The van der Waals surface area contributed by atoms with Crippen molar-refractivity contribution in [3.8, 4) is 5.75 Å². The van der Waals surface area contributed by atoms with Gasteiger partial charge in [0.2, 0.25) is 5.91 Å².